The lowest BCUT2D eigenvalue weighted by molar-refractivity contribution is -0.211. The summed E-state index contributed by atoms with van der Waals surface area (Å²) >= 11 is 3.40. The van der Waals surface area contributed by atoms with Gasteiger partial charge in [-0.15, -0.1) is 5.10 Å². The van der Waals surface area contributed by atoms with Crippen LogP contribution >= 0.6 is 15.9 Å². The SMILES string of the molecule is CO[C@@H]1[C@@H](n2cc(-c3cccc(F)c3)nn2)[C@@H](O)[C@@H](CO)O[C@H]1C(=O)N(c1cc(Br)cc(C#N)c1)[C@@H]1CCC[C@H]1O. The number of amides is 1. The minimum absolute atomic E-state index is 0.307. The Morgan fingerprint density at radius 2 is 2.10 bits per heavy atom. The van der Waals surface area contributed by atoms with Crippen molar-refractivity contribution in [3.63, 3.8) is 0 Å². The molecule has 0 bridgehead atoms. The van der Waals surface area contributed by atoms with E-state index in [9.17, 15) is 29.8 Å². The van der Waals surface area contributed by atoms with Crippen LogP contribution in [0.15, 0.2) is 53.1 Å². The third-order valence-electron chi connectivity index (χ3n) is 7.62. The van der Waals surface area contributed by atoms with E-state index in [0.29, 0.717) is 46.2 Å². The number of halogens is 2. The molecule has 2 heterocycles. The van der Waals surface area contributed by atoms with E-state index in [-0.39, 0.29) is 0 Å². The number of hydrogen-bond donors (Lipinski definition) is 3. The second kappa shape index (κ2) is 12.3. The Bertz CT molecular complexity index is 1450. The third-order valence-corrected chi connectivity index (χ3v) is 8.08. The zero-order valence-electron chi connectivity index (χ0n) is 22.0. The van der Waals surface area contributed by atoms with Gasteiger partial charge >= 0.3 is 0 Å². The summed E-state index contributed by atoms with van der Waals surface area (Å²) in [4.78, 5) is 15.8. The van der Waals surface area contributed by atoms with Gasteiger partial charge in [0.25, 0.3) is 5.91 Å². The van der Waals surface area contributed by atoms with Crippen molar-refractivity contribution in [2.75, 3.05) is 18.6 Å². The molecule has 2 aliphatic rings. The summed E-state index contributed by atoms with van der Waals surface area (Å²) in [5.41, 5.74) is 1.47. The highest BCUT2D eigenvalue weighted by molar-refractivity contribution is 9.10. The van der Waals surface area contributed by atoms with Crippen molar-refractivity contribution in [2.45, 2.75) is 61.9 Å². The van der Waals surface area contributed by atoms with Gasteiger partial charge < -0.3 is 29.7 Å². The van der Waals surface area contributed by atoms with Crippen molar-refractivity contribution in [2.24, 2.45) is 0 Å². The van der Waals surface area contributed by atoms with Crippen LogP contribution in [0.2, 0.25) is 0 Å². The van der Waals surface area contributed by atoms with Gasteiger partial charge in [0.05, 0.1) is 36.6 Å². The molecule has 1 aliphatic carbocycles. The number of nitriles is 1. The highest BCUT2D eigenvalue weighted by Crippen LogP contribution is 2.37. The van der Waals surface area contributed by atoms with Crippen LogP contribution in [0.1, 0.15) is 30.9 Å². The number of carbonyl (C=O) groups is 1. The van der Waals surface area contributed by atoms with Crippen LogP contribution in [-0.2, 0) is 14.3 Å². The Morgan fingerprint density at radius 1 is 1.29 bits per heavy atom. The maximum Gasteiger partial charge on any atom is 0.259 e. The van der Waals surface area contributed by atoms with Crippen LogP contribution < -0.4 is 4.90 Å². The van der Waals surface area contributed by atoms with Crippen LogP contribution in [0, 0.1) is 17.1 Å². The van der Waals surface area contributed by atoms with E-state index in [1.807, 2.05) is 0 Å². The normalized spacial score (nSPS) is 27.9. The number of methoxy groups -OCH3 is 1. The molecule has 0 unspecified atom stereocenters. The molecule has 2 fully saturated rings. The average molecular weight is 630 g/mol. The number of aliphatic hydroxyl groups is 3. The smallest absolute Gasteiger partial charge is 0.259 e. The lowest BCUT2D eigenvalue weighted by Crippen LogP contribution is -2.62. The summed E-state index contributed by atoms with van der Waals surface area (Å²) < 4.78 is 27.4. The number of aromatic nitrogens is 3. The van der Waals surface area contributed by atoms with Crippen molar-refractivity contribution in [1.29, 1.82) is 5.26 Å². The minimum Gasteiger partial charge on any atom is -0.394 e. The Kier molecular flexibility index (Phi) is 8.79. The van der Waals surface area contributed by atoms with Gasteiger partial charge in [-0.05, 0) is 49.6 Å². The number of hydrogen-bond acceptors (Lipinski definition) is 9. The molecule has 41 heavy (non-hydrogen) atoms. The van der Waals surface area contributed by atoms with Crippen LogP contribution in [0.3, 0.4) is 0 Å². The van der Waals surface area contributed by atoms with Gasteiger partial charge in [0, 0.05) is 22.8 Å². The molecule has 1 aliphatic heterocycles. The van der Waals surface area contributed by atoms with Gasteiger partial charge in [-0.1, -0.05) is 33.3 Å². The van der Waals surface area contributed by atoms with E-state index in [0.717, 1.165) is 0 Å². The molecule has 5 rings (SSSR count). The number of benzene rings is 2. The zero-order chi connectivity index (χ0) is 29.3. The molecule has 0 radical (unpaired) electrons. The van der Waals surface area contributed by atoms with Crippen LogP contribution in [-0.4, -0.2) is 86.5 Å². The average Bonchev–Trinajstić information content (AvgIpc) is 3.62. The number of nitrogens with zero attached hydrogens (tertiary/aromatic N) is 5. The molecule has 1 amide bonds. The third kappa shape index (κ3) is 5.76. The van der Waals surface area contributed by atoms with Gasteiger partial charge in [0.1, 0.15) is 35.9 Å². The molecule has 13 heteroatoms. The van der Waals surface area contributed by atoms with Crippen LogP contribution in [0.4, 0.5) is 10.1 Å². The summed E-state index contributed by atoms with van der Waals surface area (Å²) in [6.45, 7) is -0.606. The molecular weight excluding hydrogens is 601 g/mol. The van der Waals surface area contributed by atoms with E-state index in [1.54, 1.807) is 24.3 Å². The fraction of sp³-hybridized carbons (Fsp3) is 0.429. The van der Waals surface area contributed by atoms with Gasteiger partial charge in [-0.25, -0.2) is 9.07 Å². The Morgan fingerprint density at radius 3 is 2.76 bits per heavy atom. The first kappa shape index (κ1) is 29.2. The van der Waals surface area contributed by atoms with Gasteiger partial charge in [-0.2, -0.15) is 5.26 Å². The van der Waals surface area contributed by atoms with Crippen LogP contribution in [0.5, 0.6) is 0 Å². The van der Waals surface area contributed by atoms with Crippen molar-refractivity contribution >= 4 is 27.5 Å². The van der Waals surface area contributed by atoms with E-state index in [2.05, 4.69) is 32.3 Å². The monoisotopic (exact) mass is 629 g/mol. The molecule has 1 saturated heterocycles. The number of anilines is 1. The van der Waals surface area contributed by atoms with E-state index in [1.165, 1.54) is 41.1 Å². The minimum atomic E-state index is -1.35. The summed E-state index contributed by atoms with van der Waals surface area (Å²) in [6.07, 6.45) is -2.59. The number of carbonyl (C=O) groups excluding carboxylic acids is 1. The maximum absolute atomic E-state index is 14.4. The van der Waals surface area contributed by atoms with Crippen molar-refractivity contribution in [1.82, 2.24) is 15.0 Å². The van der Waals surface area contributed by atoms with Crippen molar-refractivity contribution < 1.29 is 34.0 Å². The highest BCUT2D eigenvalue weighted by atomic mass is 79.9. The summed E-state index contributed by atoms with van der Waals surface area (Å²) in [7, 11) is 1.36. The molecule has 3 N–H and O–H groups in total. The quantitative estimate of drug-likeness (QED) is 0.357. The number of aliphatic hydroxyl groups excluding tert-OH is 3. The molecule has 7 atom stereocenters. The maximum atomic E-state index is 14.4. The van der Waals surface area contributed by atoms with Crippen molar-refractivity contribution in [3.05, 3.63) is 64.5 Å². The first-order valence-electron chi connectivity index (χ1n) is 13.1. The molecule has 2 aromatic carbocycles. The second-order valence-corrected chi connectivity index (χ2v) is 11.1. The van der Waals surface area contributed by atoms with Crippen molar-refractivity contribution in [3.8, 4) is 17.3 Å². The van der Waals surface area contributed by atoms with E-state index in [4.69, 9.17) is 9.47 Å². The van der Waals surface area contributed by atoms with Gasteiger partial charge in [-0.3, -0.25) is 4.79 Å². The zero-order valence-corrected chi connectivity index (χ0v) is 23.6. The number of rotatable bonds is 7. The molecule has 11 nitrogen and oxygen atoms in total. The fourth-order valence-electron chi connectivity index (χ4n) is 5.68. The Hall–Kier alpha value is -3.25. The summed E-state index contributed by atoms with van der Waals surface area (Å²) in [5.74, 6) is -1.03. The predicted octanol–water partition coefficient (Wildman–Crippen LogP) is 2.34. The standard InChI is InChI=1S/C28H29BrFN5O6/c1-40-26-24(34-13-20(32-33-34)16-4-2-5-18(30)10-16)25(38)23(14-36)41-27(26)28(39)35(21-6-3-7-22(21)37)19-9-15(12-31)8-17(29)11-19/h2,4-5,8-11,13,21-27,36-38H,3,6-7,14H2,1H3/t21-,22-,23-,24+,25+,26-,27-/m1/s1. The Labute approximate surface area is 243 Å². The molecule has 3 aromatic rings. The molecule has 1 aromatic heterocycles. The molecule has 216 valence electrons. The summed E-state index contributed by atoms with van der Waals surface area (Å²) in [6, 6.07) is 11.1. The molecular formula is C28H29BrFN5O6. The van der Waals surface area contributed by atoms with Gasteiger partial charge in [0.15, 0.2) is 6.10 Å². The van der Waals surface area contributed by atoms with Crippen LogP contribution in [0.25, 0.3) is 11.3 Å². The van der Waals surface area contributed by atoms with Gasteiger partial charge in [0.2, 0.25) is 0 Å². The first-order valence-corrected chi connectivity index (χ1v) is 13.9. The number of ether oxygens (including phenoxy) is 2. The predicted molar refractivity (Wildman–Crippen MR) is 147 cm³/mol. The largest absolute Gasteiger partial charge is 0.394 e. The lowest BCUT2D eigenvalue weighted by Gasteiger charge is -2.45. The molecule has 0 spiro atoms. The highest BCUT2D eigenvalue weighted by Gasteiger charge is 2.52. The Balaban J connectivity index is 1.55. The lowest BCUT2D eigenvalue weighted by atomic mass is 9.91. The summed E-state index contributed by atoms with van der Waals surface area (Å²) in [5, 5.41) is 49.9. The van der Waals surface area contributed by atoms with E-state index < -0.39 is 60.9 Å². The fourth-order valence-corrected chi connectivity index (χ4v) is 6.16. The van der Waals surface area contributed by atoms with E-state index >= 15 is 0 Å². The molecule has 1 saturated carbocycles. The topological polar surface area (TPSA) is 154 Å². The second-order valence-electron chi connectivity index (χ2n) is 10.1. The first-order chi connectivity index (χ1) is 19.7.